The van der Waals surface area contributed by atoms with Gasteiger partial charge in [0.15, 0.2) is 5.78 Å². The second kappa shape index (κ2) is 6.01. The summed E-state index contributed by atoms with van der Waals surface area (Å²) < 4.78 is 11.5. The molecule has 134 valence electrons. The van der Waals surface area contributed by atoms with Crippen molar-refractivity contribution < 1.29 is 14.3 Å². The van der Waals surface area contributed by atoms with E-state index in [9.17, 15) is 4.79 Å². The second-order valence-electron chi connectivity index (χ2n) is 8.13. The summed E-state index contributed by atoms with van der Waals surface area (Å²) in [6.45, 7) is 6.33. The van der Waals surface area contributed by atoms with Gasteiger partial charge in [0.25, 0.3) is 0 Å². The van der Waals surface area contributed by atoms with Crippen LogP contribution in [0.15, 0.2) is 53.8 Å². The zero-order valence-electron chi connectivity index (χ0n) is 15.8. The van der Waals surface area contributed by atoms with Crippen molar-refractivity contribution in [2.45, 2.75) is 39.5 Å². The molecular formula is C23H24O3. The first kappa shape index (κ1) is 16.9. The van der Waals surface area contributed by atoms with Crippen LogP contribution in [0.1, 0.15) is 49.3 Å². The summed E-state index contributed by atoms with van der Waals surface area (Å²) in [4.78, 5) is 13.1. The maximum Gasteiger partial charge on any atom is 0.163 e. The number of hydrogen-bond acceptors (Lipinski definition) is 3. The van der Waals surface area contributed by atoms with Gasteiger partial charge in [0.05, 0.1) is 7.11 Å². The Morgan fingerprint density at radius 2 is 1.81 bits per heavy atom. The number of benzene rings is 2. The molecular weight excluding hydrogens is 324 g/mol. The van der Waals surface area contributed by atoms with E-state index in [1.54, 1.807) is 7.11 Å². The van der Waals surface area contributed by atoms with Crippen molar-refractivity contribution in [3.63, 3.8) is 0 Å². The van der Waals surface area contributed by atoms with E-state index in [-0.39, 0.29) is 17.1 Å². The van der Waals surface area contributed by atoms with E-state index in [1.165, 1.54) is 5.56 Å². The van der Waals surface area contributed by atoms with Gasteiger partial charge in [-0.1, -0.05) is 43.7 Å². The van der Waals surface area contributed by atoms with Crippen LogP contribution in [-0.4, -0.2) is 12.9 Å². The quantitative estimate of drug-likeness (QED) is 0.751. The van der Waals surface area contributed by atoms with Crippen LogP contribution in [0.25, 0.3) is 0 Å². The number of methoxy groups -OCH3 is 1. The van der Waals surface area contributed by atoms with Crippen LogP contribution < -0.4 is 9.47 Å². The summed E-state index contributed by atoms with van der Waals surface area (Å²) in [5, 5.41) is 0. The first-order valence-electron chi connectivity index (χ1n) is 9.06. The van der Waals surface area contributed by atoms with Crippen molar-refractivity contribution in [3.8, 4) is 11.5 Å². The number of ether oxygens (including phenoxy) is 2. The third kappa shape index (κ3) is 2.82. The van der Waals surface area contributed by atoms with Gasteiger partial charge in [-0.2, -0.15) is 0 Å². The lowest BCUT2D eigenvalue weighted by Gasteiger charge is -2.38. The highest BCUT2D eigenvalue weighted by Crippen LogP contribution is 2.50. The Kier molecular flexibility index (Phi) is 3.91. The highest BCUT2D eigenvalue weighted by Gasteiger charge is 2.41. The molecule has 0 N–H and O–H groups in total. The van der Waals surface area contributed by atoms with Crippen molar-refractivity contribution >= 4 is 5.78 Å². The van der Waals surface area contributed by atoms with Gasteiger partial charge in [-0.05, 0) is 36.1 Å². The number of allylic oxidation sites excluding steroid dienone is 2. The molecule has 0 radical (unpaired) electrons. The third-order valence-corrected chi connectivity index (χ3v) is 5.33. The van der Waals surface area contributed by atoms with Crippen LogP contribution in [-0.2, 0) is 4.79 Å². The Hall–Kier alpha value is -2.55. The lowest BCUT2D eigenvalue weighted by molar-refractivity contribution is -0.118. The first-order chi connectivity index (χ1) is 12.4. The monoisotopic (exact) mass is 348 g/mol. The largest absolute Gasteiger partial charge is 0.497 e. The minimum absolute atomic E-state index is 0.0669. The minimum Gasteiger partial charge on any atom is -0.497 e. The molecule has 1 heterocycles. The molecule has 1 unspecified atom stereocenters. The van der Waals surface area contributed by atoms with Crippen molar-refractivity contribution in [2.24, 2.45) is 5.41 Å². The van der Waals surface area contributed by atoms with Crippen LogP contribution in [0.5, 0.6) is 11.5 Å². The Morgan fingerprint density at radius 3 is 2.50 bits per heavy atom. The molecule has 0 bridgehead atoms. The Labute approximate surface area is 154 Å². The van der Waals surface area contributed by atoms with Crippen molar-refractivity contribution in [1.82, 2.24) is 0 Å². The van der Waals surface area contributed by atoms with E-state index >= 15 is 0 Å². The van der Waals surface area contributed by atoms with Gasteiger partial charge in [-0.15, -0.1) is 0 Å². The zero-order chi connectivity index (χ0) is 18.5. The number of ketones is 1. The summed E-state index contributed by atoms with van der Waals surface area (Å²) in [6, 6.07) is 14.2. The SMILES string of the molecule is COc1ccc(C2C3=C(CC(C)(C)CC3=O)Oc3ccc(C)cc32)cc1. The van der Waals surface area contributed by atoms with Crippen molar-refractivity contribution in [1.29, 1.82) is 0 Å². The van der Waals surface area contributed by atoms with Crippen LogP contribution in [0, 0.1) is 12.3 Å². The smallest absolute Gasteiger partial charge is 0.163 e. The maximum atomic E-state index is 13.1. The second-order valence-corrected chi connectivity index (χ2v) is 8.13. The molecule has 0 saturated carbocycles. The molecule has 1 atom stereocenters. The van der Waals surface area contributed by atoms with Crippen molar-refractivity contribution in [2.75, 3.05) is 7.11 Å². The fraction of sp³-hybridized carbons (Fsp3) is 0.348. The van der Waals surface area contributed by atoms with E-state index in [0.717, 1.165) is 40.4 Å². The number of aryl methyl sites for hydroxylation is 1. The molecule has 0 aromatic heterocycles. The fourth-order valence-corrected chi connectivity index (χ4v) is 4.11. The topological polar surface area (TPSA) is 35.5 Å². The zero-order valence-corrected chi connectivity index (χ0v) is 15.8. The lowest BCUT2D eigenvalue weighted by atomic mass is 9.70. The molecule has 2 aliphatic rings. The molecule has 0 amide bonds. The Bertz CT molecular complexity index is 904. The van der Waals surface area contributed by atoms with Crippen LogP contribution >= 0.6 is 0 Å². The van der Waals surface area contributed by atoms with E-state index in [1.807, 2.05) is 18.2 Å². The van der Waals surface area contributed by atoms with Gasteiger partial charge < -0.3 is 9.47 Å². The van der Waals surface area contributed by atoms with Gasteiger partial charge >= 0.3 is 0 Å². The molecule has 26 heavy (non-hydrogen) atoms. The summed E-state index contributed by atoms with van der Waals surface area (Å²) in [5.74, 6) is 2.63. The summed E-state index contributed by atoms with van der Waals surface area (Å²) in [5.41, 5.74) is 4.09. The fourth-order valence-electron chi connectivity index (χ4n) is 4.11. The molecule has 1 aliphatic carbocycles. The number of Topliss-reactive ketones (excluding diaryl/α,β-unsaturated/α-hetero) is 1. The molecule has 2 aromatic rings. The number of rotatable bonds is 2. The maximum absolute atomic E-state index is 13.1. The van der Waals surface area contributed by atoms with Gasteiger partial charge in [0.1, 0.15) is 17.3 Å². The number of fused-ring (bicyclic) bond motifs is 1. The van der Waals surface area contributed by atoms with Gasteiger partial charge in [0.2, 0.25) is 0 Å². The molecule has 0 spiro atoms. The average Bonchev–Trinajstić information content (AvgIpc) is 2.59. The highest BCUT2D eigenvalue weighted by molar-refractivity contribution is 6.00. The van der Waals surface area contributed by atoms with Crippen LogP contribution in [0.2, 0.25) is 0 Å². The Morgan fingerprint density at radius 1 is 1.08 bits per heavy atom. The van der Waals surface area contributed by atoms with E-state index in [0.29, 0.717) is 6.42 Å². The molecule has 1 aliphatic heterocycles. The number of hydrogen-bond donors (Lipinski definition) is 0. The van der Waals surface area contributed by atoms with Crippen LogP contribution in [0.4, 0.5) is 0 Å². The Balaban J connectivity index is 1.90. The number of carbonyl (C=O) groups excluding carboxylic acids is 1. The first-order valence-corrected chi connectivity index (χ1v) is 9.06. The molecule has 0 saturated heterocycles. The van der Waals surface area contributed by atoms with E-state index < -0.39 is 0 Å². The average molecular weight is 348 g/mol. The summed E-state index contributed by atoms with van der Waals surface area (Å²) in [6.07, 6.45) is 1.34. The normalized spacial score (nSPS) is 20.9. The van der Waals surface area contributed by atoms with Crippen molar-refractivity contribution in [3.05, 3.63) is 70.5 Å². The molecule has 3 nitrogen and oxygen atoms in total. The minimum atomic E-state index is -0.0804. The summed E-state index contributed by atoms with van der Waals surface area (Å²) >= 11 is 0. The van der Waals surface area contributed by atoms with E-state index in [2.05, 4.69) is 45.0 Å². The molecule has 2 aromatic carbocycles. The lowest BCUT2D eigenvalue weighted by Crippen LogP contribution is -2.32. The standard InChI is InChI=1S/C23H24O3/c1-14-5-10-19-17(11-14)21(15-6-8-16(25-4)9-7-15)22-18(24)12-23(2,3)13-20(22)26-19/h5-11,21H,12-13H2,1-4H3. The summed E-state index contributed by atoms with van der Waals surface area (Å²) in [7, 11) is 1.66. The van der Waals surface area contributed by atoms with E-state index in [4.69, 9.17) is 9.47 Å². The van der Waals surface area contributed by atoms with Gasteiger partial charge in [0, 0.05) is 29.9 Å². The predicted molar refractivity (Wildman–Crippen MR) is 102 cm³/mol. The molecule has 3 heteroatoms. The van der Waals surface area contributed by atoms with Gasteiger partial charge in [-0.25, -0.2) is 0 Å². The predicted octanol–water partition coefficient (Wildman–Crippen LogP) is 5.17. The molecule has 4 rings (SSSR count). The highest BCUT2D eigenvalue weighted by atomic mass is 16.5. The number of carbonyl (C=O) groups is 1. The van der Waals surface area contributed by atoms with Crippen LogP contribution in [0.3, 0.4) is 0 Å². The van der Waals surface area contributed by atoms with Gasteiger partial charge in [-0.3, -0.25) is 4.79 Å². The molecule has 0 fully saturated rings. The third-order valence-electron chi connectivity index (χ3n) is 5.33.